The van der Waals surface area contributed by atoms with Crippen molar-refractivity contribution >= 4 is 18.0 Å². The SMILES string of the molecule is CCCC[N+](CCCC)(CCCC)CCCC.COc1ccc(P(=O)([O-])c2ccc(OC)cc2)cc1. The number of hydrogen-bond donors (Lipinski definition) is 0. The highest BCUT2D eigenvalue weighted by atomic mass is 31.2. The Labute approximate surface area is 220 Å². The topological polar surface area (TPSA) is 58.6 Å². The van der Waals surface area contributed by atoms with E-state index < -0.39 is 7.37 Å². The van der Waals surface area contributed by atoms with Gasteiger partial charge in [0.15, 0.2) is 0 Å². The van der Waals surface area contributed by atoms with Crippen LogP contribution in [0.15, 0.2) is 48.5 Å². The molecule has 0 atom stereocenters. The molecular weight excluding hydrogens is 469 g/mol. The van der Waals surface area contributed by atoms with Crippen molar-refractivity contribution in [2.24, 2.45) is 0 Å². The summed E-state index contributed by atoms with van der Waals surface area (Å²) in [6.07, 6.45) is 11.1. The molecule has 6 heteroatoms. The lowest BCUT2D eigenvalue weighted by Crippen LogP contribution is -2.50. The van der Waals surface area contributed by atoms with Crippen molar-refractivity contribution in [3.63, 3.8) is 0 Å². The molecule has 0 unspecified atom stereocenters. The van der Waals surface area contributed by atoms with Gasteiger partial charge in [0, 0.05) is 10.6 Å². The molecule has 0 N–H and O–H groups in total. The number of methoxy groups -OCH3 is 2. The maximum Gasteiger partial charge on any atom is 0.118 e. The lowest BCUT2D eigenvalue weighted by atomic mass is 10.1. The van der Waals surface area contributed by atoms with Crippen LogP contribution in [0.5, 0.6) is 11.5 Å². The molecule has 0 fully saturated rings. The van der Waals surface area contributed by atoms with Gasteiger partial charge in [-0.05, 0) is 74.2 Å². The Kier molecular flexibility index (Phi) is 15.8. The fourth-order valence-corrected chi connectivity index (χ4v) is 5.73. The van der Waals surface area contributed by atoms with Gasteiger partial charge in [0.05, 0.1) is 47.8 Å². The highest BCUT2D eigenvalue weighted by Gasteiger charge is 2.24. The van der Waals surface area contributed by atoms with Crippen LogP contribution in [0.2, 0.25) is 0 Å². The van der Waals surface area contributed by atoms with Gasteiger partial charge in [0.2, 0.25) is 0 Å². The van der Waals surface area contributed by atoms with Gasteiger partial charge in [0.1, 0.15) is 11.5 Å². The molecule has 2 rings (SSSR count). The first-order valence-corrected chi connectivity index (χ1v) is 15.4. The summed E-state index contributed by atoms with van der Waals surface area (Å²) >= 11 is 0. The quantitative estimate of drug-likeness (QED) is 0.193. The molecule has 0 heterocycles. The molecule has 0 spiro atoms. The molecule has 5 nitrogen and oxygen atoms in total. The van der Waals surface area contributed by atoms with Crippen LogP contribution in [0, 0.1) is 0 Å². The van der Waals surface area contributed by atoms with Crippen molar-refractivity contribution in [2.75, 3.05) is 40.4 Å². The molecule has 0 aliphatic heterocycles. The summed E-state index contributed by atoms with van der Waals surface area (Å²) in [5, 5.41) is 0.525. The van der Waals surface area contributed by atoms with E-state index in [0.29, 0.717) is 11.5 Å². The van der Waals surface area contributed by atoms with Gasteiger partial charge < -0.3 is 23.4 Å². The summed E-state index contributed by atoms with van der Waals surface area (Å²) < 4.78 is 23.8. The maximum atomic E-state index is 12.4. The second kappa shape index (κ2) is 17.6. The van der Waals surface area contributed by atoms with E-state index >= 15 is 0 Å². The predicted octanol–water partition coefficient (Wildman–Crippen LogP) is 6.30. The number of hydrogen-bond acceptors (Lipinski definition) is 4. The predicted molar refractivity (Wildman–Crippen MR) is 152 cm³/mol. The zero-order valence-electron chi connectivity index (χ0n) is 23.6. The molecule has 2 aromatic rings. The number of benzene rings is 2. The Bertz CT molecular complexity index is 779. The van der Waals surface area contributed by atoms with Crippen LogP contribution in [0.4, 0.5) is 0 Å². The van der Waals surface area contributed by atoms with Gasteiger partial charge in [-0.3, -0.25) is 0 Å². The molecule has 0 aliphatic carbocycles. The first kappa shape index (κ1) is 32.2. The molecule has 36 heavy (non-hydrogen) atoms. The minimum Gasteiger partial charge on any atom is -0.793 e. The summed E-state index contributed by atoms with van der Waals surface area (Å²) in [5.41, 5.74) is 0. The van der Waals surface area contributed by atoms with E-state index in [1.807, 2.05) is 0 Å². The van der Waals surface area contributed by atoms with E-state index in [9.17, 15) is 9.46 Å². The molecule has 2 aromatic carbocycles. The third-order valence-corrected chi connectivity index (χ3v) is 8.72. The van der Waals surface area contributed by atoms with Gasteiger partial charge in [-0.1, -0.05) is 53.4 Å². The molecular formula is C30H50NO4P. The van der Waals surface area contributed by atoms with Gasteiger partial charge >= 0.3 is 0 Å². The van der Waals surface area contributed by atoms with E-state index in [1.54, 1.807) is 24.3 Å². The minimum absolute atomic E-state index is 0.262. The normalized spacial score (nSPS) is 11.5. The van der Waals surface area contributed by atoms with Crippen LogP contribution in [-0.4, -0.2) is 44.9 Å². The number of ether oxygens (including phenoxy) is 2. The third kappa shape index (κ3) is 10.7. The Balaban J connectivity index is 0.000000363. The van der Waals surface area contributed by atoms with Crippen LogP contribution < -0.4 is 25.0 Å². The van der Waals surface area contributed by atoms with Crippen LogP contribution >= 0.6 is 7.37 Å². The summed E-state index contributed by atoms with van der Waals surface area (Å²) in [5.74, 6) is 1.25. The fourth-order valence-electron chi connectivity index (χ4n) is 4.35. The average molecular weight is 520 g/mol. The summed E-state index contributed by atoms with van der Waals surface area (Å²) in [7, 11) is -0.745. The van der Waals surface area contributed by atoms with Crippen LogP contribution in [0.1, 0.15) is 79.1 Å². The average Bonchev–Trinajstić information content (AvgIpc) is 2.92. The molecule has 0 aliphatic rings. The number of quaternary nitrogens is 1. The second-order valence-electron chi connectivity index (χ2n) is 9.60. The minimum atomic E-state index is -3.82. The van der Waals surface area contributed by atoms with E-state index in [0.717, 1.165) is 0 Å². The first-order chi connectivity index (χ1) is 17.3. The standard InChI is InChI=1S/C16H36N.C14H15O4P/c1-5-9-13-17(14-10-6-2,15-11-7-3)16-12-8-4;1-17-11-3-7-13(8-4-11)19(15,16)14-9-5-12(18-2)6-10-14/h5-16H2,1-4H3;3-10H,1-2H3,(H,15,16)/q+1;/p-1. The summed E-state index contributed by atoms with van der Waals surface area (Å²) in [6, 6.07) is 12.7. The molecule has 0 bridgehead atoms. The van der Waals surface area contributed by atoms with Crippen molar-refractivity contribution in [3.05, 3.63) is 48.5 Å². The van der Waals surface area contributed by atoms with E-state index in [4.69, 9.17) is 9.47 Å². The van der Waals surface area contributed by atoms with Crippen molar-refractivity contribution in [1.29, 1.82) is 0 Å². The molecule has 204 valence electrons. The van der Waals surface area contributed by atoms with Gasteiger partial charge in [-0.25, -0.2) is 0 Å². The smallest absolute Gasteiger partial charge is 0.118 e. The lowest BCUT2D eigenvalue weighted by molar-refractivity contribution is -0.929. The monoisotopic (exact) mass is 519 g/mol. The van der Waals surface area contributed by atoms with E-state index in [-0.39, 0.29) is 10.6 Å². The highest BCUT2D eigenvalue weighted by molar-refractivity contribution is 7.72. The molecule has 0 amide bonds. The molecule has 0 saturated carbocycles. The number of rotatable bonds is 16. The summed E-state index contributed by atoms with van der Waals surface area (Å²) in [4.78, 5) is 12.4. The largest absolute Gasteiger partial charge is 0.793 e. The van der Waals surface area contributed by atoms with Gasteiger partial charge in [0.25, 0.3) is 0 Å². The number of unbranched alkanes of at least 4 members (excludes halogenated alkanes) is 4. The number of nitrogens with zero attached hydrogens (tertiary/aromatic N) is 1. The molecule has 0 aromatic heterocycles. The fraction of sp³-hybridized carbons (Fsp3) is 0.600. The zero-order chi connectivity index (χ0) is 26.9. The van der Waals surface area contributed by atoms with Crippen molar-refractivity contribution < 1.29 is 23.4 Å². The van der Waals surface area contributed by atoms with Gasteiger partial charge in [-0.2, -0.15) is 0 Å². The van der Waals surface area contributed by atoms with E-state index in [2.05, 4.69) is 27.7 Å². The molecule has 0 radical (unpaired) electrons. The van der Waals surface area contributed by atoms with Crippen molar-refractivity contribution in [2.45, 2.75) is 79.1 Å². The zero-order valence-corrected chi connectivity index (χ0v) is 24.5. The summed E-state index contributed by atoms with van der Waals surface area (Å²) in [6.45, 7) is 15.0. The van der Waals surface area contributed by atoms with Crippen LogP contribution in [0.3, 0.4) is 0 Å². The Hall–Kier alpha value is -1.81. The van der Waals surface area contributed by atoms with E-state index in [1.165, 1.54) is 121 Å². The highest BCUT2D eigenvalue weighted by Crippen LogP contribution is 2.34. The van der Waals surface area contributed by atoms with Crippen molar-refractivity contribution in [1.82, 2.24) is 0 Å². The Morgan fingerprint density at radius 2 is 0.889 bits per heavy atom. The van der Waals surface area contributed by atoms with Crippen molar-refractivity contribution in [3.8, 4) is 11.5 Å². The first-order valence-electron chi connectivity index (χ1n) is 13.8. The Morgan fingerprint density at radius 1 is 0.611 bits per heavy atom. The lowest BCUT2D eigenvalue weighted by Gasteiger charge is -2.39. The second-order valence-corrected chi connectivity index (χ2v) is 11.7. The molecule has 0 saturated heterocycles. The maximum absolute atomic E-state index is 12.4. The van der Waals surface area contributed by atoms with Crippen LogP contribution in [0.25, 0.3) is 0 Å². The Morgan fingerprint density at radius 3 is 1.11 bits per heavy atom. The van der Waals surface area contributed by atoms with Gasteiger partial charge in [-0.15, -0.1) is 0 Å². The third-order valence-electron chi connectivity index (χ3n) is 6.77. The van der Waals surface area contributed by atoms with Crippen LogP contribution in [-0.2, 0) is 4.57 Å².